The normalized spacial score (nSPS) is 11.4. The van der Waals surface area contributed by atoms with Crippen LogP contribution in [0.1, 0.15) is 22.8 Å². The quantitative estimate of drug-likeness (QED) is 0.749. The summed E-state index contributed by atoms with van der Waals surface area (Å²) in [6.45, 7) is 5.71. The van der Waals surface area contributed by atoms with E-state index < -0.39 is 0 Å². The standard InChI is InChI=1S/C15H16N6O/c1-10-8-11(2)20(19-10)15-18-17-12(3)21(15)16-9-13-4-6-14(22)7-5-13/h4-9,22H,1-3H3/b16-9-. The van der Waals surface area contributed by atoms with Gasteiger partial charge in [0.25, 0.3) is 5.95 Å². The molecule has 0 amide bonds. The average Bonchev–Trinajstić information content (AvgIpc) is 3.00. The summed E-state index contributed by atoms with van der Waals surface area (Å²) in [7, 11) is 0. The van der Waals surface area contributed by atoms with E-state index in [1.165, 1.54) is 0 Å². The summed E-state index contributed by atoms with van der Waals surface area (Å²) in [5.74, 6) is 1.43. The molecule has 0 aliphatic carbocycles. The Morgan fingerprint density at radius 1 is 1.09 bits per heavy atom. The van der Waals surface area contributed by atoms with Crippen molar-refractivity contribution in [1.82, 2.24) is 24.7 Å². The number of hydrogen-bond acceptors (Lipinski definition) is 5. The number of aromatic hydroxyl groups is 1. The molecule has 112 valence electrons. The van der Waals surface area contributed by atoms with Crippen molar-refractivity contribution in [2.24, 2.45) is 5.10 Å². The van der Waals surface area contributed by atoms with Crippen LogP contribution in [0.2, 0.25) is 0 Å². The average molecular weight is 296 g/mol. The highest BCUT2D eigenvalue weighted by molar-refractivity contribution is 5.79. The van der Waals surface area contributed by atoms with Crippen LogP contribution in [0.25, 0.3) is 5.95 Å². The summed E-state index contributed by atoms with van der Waals surface area (Å²) in [4.78, 5) is 0. The van der Waals surface area contributed by atoms with Crippen molar-refractivity contribution in [2.75, 3.05) is 0 Å². The van der Waals surface area contributed by atoms with Gasteiger partial charge in [-0.25, -0.2) is 4.68 Å². The van der Waals surface area contributed by atoms with Crippen molar-refractivity contribution in [2.45, 2.75) is 20.8 Å². The van der Waals surface area contributed by atoms with Gasteiger partial charge >= 0.3 is 0 Å². The molecule has 0 spiro atoms. The molecule has 3 rings (SSSR count). The summed E-state index contributed by atoms with van der Waals surface area (Å²) in [6.07, 6.45) is 1.69. The van der Waals surface area contributed by atoms with Crippen LogP contribution in [0.3, 0.4) is 0 Å². The van der Waals surface area contributed by atoms with E-state index in [1.807, 2.05) is 26.8 Å². The van der Waals surface area contributed by atoms with Gasteiger partial charge in [-0.3, -0.25) is 0 Å². The van der Waals surface area contributed by atoms with E-state index in [1.54, 1.807) is 39.8 Å². The molecule has 0 unspecified atom stereocenters. The monoisotopic (exact) mass is 296 g/mol. The summed E-state index contributed by atoms with van der Waals surface area (Å²) >= 11 is 0. The van der Waals surface area contributed by atoms with Gasteiger partial charge < -0.3 is 5.11 Å². The van der Waals surface area contributed by atoms with Crippen molar-refractivity contribution in [3.8, 4) is 11.7 Å². The molecule has 0 aliphatic heterocycles. The van der Waals surface area contributed by atoms with Gasteiger partial charge in [0.2, 0.25) is 0 Å². The third kappa shape index (κ3) is 2.60. The Labute approximate surface area is 127 Å². The van der Waals surface area contributed by atoms with Crippen LogP contribution in [-0.4, -0.2) is 36.0 Å². The maximum atomic E-state index is 9.30. The fourth-order valence-corrected chi connectivity index (χ4v) is 2.13. The molecule has 0 saturated carbocycles. The van der Waals surface area contributed by atoms with Gasteiger partial charge in [0.1, 0.15) is 5.75 Å². The second kappa shape index (κ2) is 5.44. The SMILES string of the molecule is Cc1cc(C)n(-c2nnc(C)n2/N=C\c2ccc(O)cc2)n1. The molecule has 1 aromatic carbocycles. The predicted molar refractivity (Wildman–Crippen MR) is 82.5 cm³/mol. The Bertz CT molecular complexity index is 828. The molecule has 2 aromatic heterocycles. The first-order valence-electron chi connectivity index (χ1n) is 6.83. The van der Waals surface area contributed by atoms with Gasteiger partial charge in [0.05, 0.1) is 11.9 Å². The van der Waals surface area contributed by atoms with E-state index in [0.29, 0.717) is 11.8 Å². The van der Waals surface area contributed by atoms with E-state index >= 15 is 0 Å². The second-order valence-electron chi connectivity index (χ2n) is 5.03. The van der Waals surface area contributed by atoms with Crippen LogP contribution in [0.15, 0.2) is 35.4 Å². The fraction of sp³-hybridized carbons (Fsp3) is 0.200. The molecule has 0 saturated heterocycles. The topological polar surface area (TPSA) is 81.1 Å². The number of phenols is 1. The fourth-order valence-electron chi connectivity index (χ4n) is 2.13. The minimum Gasteiger partial charge on any atom is -0.508 e. The highest BCUT2D eigenvalue weighted by Crippen LogP contribution is 2.12. The van der Waals surface area contributed by atoms with Crippen LogP contribution < -0.4 is 0 Å². The van der Waals surface area contributed by atoms with Crippen molar-refractivity contribution in [1.29, 1.82) is 0 Å². The van der Waals surface area contributed by atoms with E-state index in [2.05, 4.69) is 20.4 Å². The summed E-state index contributed by atoms with van der Waals surface area (Å²) in [5.41, 5.74) is 2.74. The molecule has 7 heteroatoms. The molecular weight excluding hydrogens is 280 g/mol. The first-order chi connectivity index (χ1) is 10.5. The second-order valence-corrected chi connectivity index (χ2v) is 5.03. The summed E-state index contributed by atoms with van der Waals surface area (Å²) in [5, 5.41) is 26.3. The third-order valence-electron chi connectivity index (χ3n) is 3.19. The van der Waals surface area contributed by atoms with Crippen LogP contribution in [0, 0.1) is 20.8 Å². The van der Waals surface area contributed by atoms with Crippen LogP contribution in [0.4, 0.5) is 0 Å². The number of phenolic OH excluding ortho intramolecular Hbond substituents is 1. The molecule has 0 bridgehead atoms. The lowest BCUT2D eigenvalue weighted by Gasteiger charge is -2.03. The first-order valence-corrected chi connectivity index (χ1v) is 6.83. The van der Waals surface area contributed by atoms with Crippen LogP contribution in [0.5, 0.6) is 5.75 Å². The van der Waals surface area contributed by atoms with Gasteiger partial charge in [-0.1, -0.05) is 0 Å². The Balaban J connectivity index is 1.99. The Kier molecular flexibility index (Phi) is 3.46. The molecule has 2 heterocycles. The summed E-state index contributed by atoms with van der Waals surface area (Å²) < 4.78 is 3.34. The number of aryl methyl sites for hydroxylation is 3. The predicted octanol–water partition coefficient (Wildman–Crippen LogP) is 1.98. The molecular formula is C15H16N6O. The molecule has 0 atom stereocenters. The van der Waals surface area contributed by atoms with E-state index in [9.17, 15) is 5.11 Å². The van der Waals surface area contributed by atoms with Gasteiger partial charge in [-0.2, -0.15) is 14.9 Å². The highest BCUT2D eigenvalue weighted by Gasteiger charge is 2.13. The lowest BCUT2D eigenvalue weighted by atomic mass is 10.2. The lowest BCUT2D eigenvalue weighted by molar-refractivity contribution is 0.475. The van der Waals surface area contributed by atoms with Crippen molar-refractivity contribution >= 4 is 6.21 Å². The number of rotatable bonds is 3. The Morgan fingerprint density at radius 3 is 2.45 bits per heavy atom. The molecule has 3 aromatic rings. The zero-order valence-electron chi connectivity index (χ0n) is 12.6. The Morgan fingerprint density at radius 2 is 1.82 bits per heavy atom. The third-order valence-corrected chi connectivity index (χ3v) is 3.19. The molecule has 7 nitrogen and oxygen atoms in total. The van der Waals surface area contributed by atoms with E-state index in [0.717, 1.165) is 17.0 Å². The van der Waals surface area contributed by atoms with Gasteiger partial charge in [0, 0.05) is 5.69 Å². The van der Waals surface area contributed by atoms with Crippen LogP contribution >= 0.6 is 0 Å². The van der Waals surface area contributed by atoms with Crippen molar-refractivity contribution in [3.63, 3.8) is 0 Å². The van der Waals surface area contributed by atoms with Crippen molar-refractivity contribution < 1.29 is 5.11 Å². The van der Waals surface area contributed by atoms with Gasteiger partial charge in [-0.15, -0.1) is 10.2 Å². The first kappa shape index (κ1) is 14.0. The maximum Gasteiger partial charge on any atom is 0.273 e. The zero-order valence-corrected chi connectivity index (χ0v) is 12.6. The van der Waals surface area contributed by atoms with E-state index in [-0.39, 0.29) is 5.75 Å². The molecule has 0 radical (unpaired) electrons. The number of hydrogen-bond donors (Lipinski definition) is 1. The largest absolute Gasteiger partial charge is 0.508 e. The number of benzene rings is 1. The van der Waals surface area contributed by atoms with E-state index in [4.69, 9.17) is 0 Å². The molecule has 22 heavy (non-hydrogen) atoms. The smallest absolute Gasteiger partial charge is 0.273 e. The van der Waals surface area contributed by atoms with Crippen molar-refractivity contribution in [3.05, 3.63) is 53.1 Å². The highest BCUT2D eigenvalue weighted by atomic mass is 16.3. The van der Waals surface area contributed by atoms with Crippen LogP contribution in [-0.2, 0) is 0 Å². The molecule has 1 N–H and O–H groups in total. The van der Waals surface area contributed by atoms with Gasteiger partial charge in [-0.05, 0) is 56.7 Å². The minimum absolute atomic E-state index is 0.223. The molecule has 0 aliphatic rings. The van der Waals surface area contributed by atoms with Gasteiger partial charge in [0.15, 0.2) is 5.82 Å². The number of nitrogens with zero attached hydrogens (tertiary/aromatic N) is 6. The minimum atomic E-state index is 0.223. The maximum absolute atomic E-state index is 9.30. The Hall–Kier alpha value is -2.96. The summed E-state index contributed by atoms with van der Waals surface area (Å²) in [6, 6.07) is 8.76. The molecule has 0 fully saturated rings. The zero-order chi connectivity index (χ0) is 15.7. The number of aromatic nitrogens is 5. The lowest BCUT2D eigenvalue weighted by Crippen LogP contribution is -2.07.